The molecule has 0 saturated heterocycles. The molecule has 1 amide bonds. The summed E-state index contributed by atoms with van der Waals surface area (Å²) in [7, 11) is 0. The van der Waals surface area contributed by atoms with E-state index in [0.29, 0.717) is 18.3 Å². The topological polar surface area (TPSA) is 64.3 Å². The highest BCUT2D eigenvalue weighted by molar-refractivity contribution is 9.10. The van der Waals surface area contributed by atoms with Crippen molar-refractivity contribution in [3.63, 3.8) is 0 Å². The first-order chi connectivity index (χ1) is 8.70. The molecule has 1 aromatic rings. The van der Waals surface area contributed by atoms with E-state index in [1.54, 1.807) is 0 Å². The van der Waals surface area contributed by atoms with E-state index in [4.69, 9.17) is 10.5 Å². The highest BCUT2D eigenvalue weighted by Crippen LogP contribution is 2.29. The molecule has 1 aliphatic rings. The number of benzene rings is 1. The first-order valence-corrected chi connectivity index (χ1v) is 6.89. The Morgan fingerprint density at radius 2 is 2.28 bits per heavy atom. The molecule has 18 heavy (non-hydrogen) atoms. The number of carbonyl (C=O) groups excluding carboxylic acids is 1. The zero-order chi connectivity index (χ0) is 13.0. The van der Waals surface area contributed by atoms with Gasteiger partial charge in [-0.15, -0.1) is 0 Å². The molecule has 0 radical (unpaired) electrons. The maximum Gasteiger partial charge on any atom is 0.258 e. The lowest BCUT2D eigenvalue weighted by molar-refractivity contribution is -0.123. The number of nitrogens with two attached hydrogens (primary N) is 1. The van der Waals surface area contributed by atoms with E-state index in [1.165, 1.54) is 0 Å². The van der Waals surface area contributed by atoms with Crippen molar-refractivity contribution < 1.29 is 9.53 Å². The SMILES string of the molecule is NCCc1cccc(Br)c1OCC(=O)NC1CC1. The van der Waals surface area contributed by atoms with Gasteiger partial charge in [-0.1, -0.05) is 12.1 Å². The number of para-hydroxylation sites is 1. The minimum absolute atomic E-state index is 0.0523. The summed E-state index contributed by atoms with van der Waals surface area (Å²) in [5.41, 5.74) is 6.58. The van der Waals surface area contributed by atoms with Gasteiger partial charge in [-0.2, -0.15) is 0 Å². The highest BCUT2D eigenvalue weighted by atomic mass is 79.9. The molecule has 1 fully saturated rings. The summed E-state index contributed by atoms with van der Waals surface area (Å²) in [4.78, 5) is 11.6. The number of ether oxygens (including phenoxy) is 1. The van der Waals surface area contributed by atoms with E-state index in [1.807, 2.05) is 18.2 Å². The third kappa shape index (κ3) is 3.71. The highest BCUT2D eigenvalue weighted by Gasteiger charge is 2.23. The Bertz CT molecular complexity index is 433. The van der Waals surface area contributed by atoms with Crippen molar-refractivity contribution >= 4 is 21.8 Å². The average molecular weight is 313 g/mol. The molecule has 5 heteroatoms. The molecule has 0 atom stereocenters. The van der Waals surface area contributed by atoms with Crippen LogP contribution < -0.4 is 15.8 Å². The average Bonchev–Trinajstić information content (AvgIpc) is 3.12. The fourth-order valence-corrected chi connectivity index (χ4v) is 2.22. The van der Waals surface area contributed by atoms with Crippen LogP contribution in [0.25, 0.3) is 0 Å². The lowest BCUT2D eigenvalue weighted by Gasteiger charge is -2.12. The number of halogens is 1. The van der Waals surface area contributed by atoms with E-state index in [9.17, 15) is 4.79 Å². The normalized spacial score (nSPS) is 14.3. The van der Waals surface area contributed by atoms with Crippen LogP contribution in [0.4, 0.5) is 0 Å². The summed E-state index contributed by atoms with van der Waals surface area (Å²) in [6.45, 7) is 0.609. The number of amides is 1. The maximum atomic E-state index is 11.6. The second-order valence-corrected chi connectivity index (χ2v) is 5.25. The first-order valence-electron chi connectivity index (χ1n) is 6.10. The molecule has 1 aromatic carbocycles. The molecule has 1 aliphatic carbocycles. The second-order valence-electron chi connectivity index (χ2n) is 4.40. The van der Waals surface area contributed by atoms with Crippen molar-refractivity contribution in [3.05, 3.63) is 28.2 Å². The van der Waals surface area contributed by atoms with Gasteiger partial charge in [-0.25, -0.2) is 0 Å². The smallest absolute Gasteiger partial charge is 0.258 e. The third-order valence-corrected chi connectivity index (χ3v) is 3.38. The number of nitrogens with one attached hydrogen (secondary N) is 1. The summed E-state index contributed by atoms with van der Waals surface area (Å²) < 4.78 is 6.45. The number of hydrogen-bond acceptors (Lipinski definition) is 3. The van der Waals surface area contributed by atoms with Crippen molar-refractivity contribution in [1.82, 2.24) is 5.32 Å². The van der Waals surface area contributed by atoms with Crippen molar-refractivity contribution in [1.29, 1.82) is 0 Å². The summed E-state index contributed by atoms with van der Waals surface area (Å²) in [6.07, 6.45) is 2.90. The van der Waals surface area contributed by atoms with Gasteiger partial charge in [0.15, 0.2) is 6.61 Å². The predicted octanol–water partition coefficient (Wildman–Crippen LogP) is 1.61. The summed E-state index contributed by atoms with van der Waals surface area (Å²) >= 11 is 3.43. The Kier molecular flexibility index (Phi) is 4.60. The minimum Gasteiger partial charge on any atom is -0.482 e. The molecular formula is C13H17BrN2O2. The molecule has 0 heterocycles. The van der Waals surface area contributed by atoms with Gasteiger partial charge in [0.2, 0.25) is 0 Å². The summed E-state index contributed by atoms with van der Waals surface area (Å²) in [6, 6.07) is 6.16. The molecular weight excluding hydrogens is 296 g/mol. The van der Waals surface area contributed by atoms with Crippen molar-refractivity contribution in [3.8, 4) is 5.75 Å². The molecule has 1 saturated carbocycles. The second kappa shape index (κ2) is 6.20. The van der Waals surface area contributed by atoms with E-state index >= 15 is 0 Å². The quantitative estimate of drug-likeness (QED) is 0.838. The van der Waals surface area contributed by atoms with Crippen LogP contribution in [0.15, 0.2) is 22.7 Å². The maximum absolute atomic E-state index is 11.6. The van der Waals surface area contributed by atoms with Crippen LogP contribution in [0.2, 0.25) is 0 Å². The van der Waals surface area contributed by atoms with Crippen LogP contribution in [0.5, 0.6) is 5.75 Å². The Balaban J connectivity index is 1.95. The van der Waals surface area contributed by atoms with Crippen molar-refractivity contribution in [2.75, 3.05) is 13.2 Å². The van der Waals surface area contributed by atoms with Gasteiger partial charge in [0.1, 0.15) is 5.75 Å². The molecule has 0 unspecified atom stereocenters. The number of rotatable bonds is 6. The molecule has 3 N–H and O–H groups in total. The summed E-state index contributed by atoms with van der Waals surface area (Å²) in [5, 5.41) is 2.89. The molecule has 0 bridgehead atoms. The minimum atomic E-state index is -0.0630. The lowest BCUT2D eigenvalue weighted by atomic mass is 10.1. The molecule has 0 aliphatic heterocycles. The van der Waals surface area contributed by atoms with Crippen LogP contribution in [0.1, 0.15) is 18.4 Å². The van der Waals surface area contributed by atoms with Gasteiger partial charge in [0.25, 0.3) is 5.91 Å². The van der Waals surface area contributed by atoms with E-state index in [2.05, 4.69) is 21.2 Å². The van der Waals surface area contributed by atoms with E-state index in [-0.39, 0.29) is 12.5 Å². The fourth-order valence-electron chi connectivity index (χ4n) is 1.70. The van der Waals surface area contributed by atoms with Crippen LogP contribution in [-0.4, -0.2) is 25.1 Å². The monoisotopic (exact) mass is 312 g/mol. The van der Waals surface area contributed by atoms with Gasteiger partial charge in [-0.3, -0.25) is 4.79 Å². The third-order valence-electron chi connectivity index (χ3n) is 2.75. The standard InChI is InChI=1S/C13H17BrN2O2/c14-11-3-1-2-9(6-7-15)13(11)18-8-12(17)16-10-4-5-10/h1-3,10H,4-8,15H2,(H,16,17). The first kappa shape index (κ1) is 13.4. The largest absolute Gasteiger partial charge is 0.482 e. The zero-order valence-corrected chi connectivity index (χ0v) is 11.7. The molecule has 98 valence electrons. The van der Waals surface area contributed by atoms with Crippen LogP contribution in [-0.2, 0) is 11.2 Å². The van der Waals surface area contributed by atoms with Crippen LogP contribution in [0.3, 0.4) is 0 Å². The van der Waals surface area contributed by atoms with Crippen LogP contribution in [0, 0.1) is 0 Å². The molecule has 0 aromatic heterocycles. The summed E-state index contributed by atoms with van der Waals surface area (Å²) in [5.74, 6) is 0.654. The molecule has 4 nitrogen and oxygen atoms in total. The van der Waals surface area contributed by atoms with Gasteiger partial charge in [0, 0.05) is 6.04 Å². The fraction of sp³-hybridized carbons (Fsp3) is 0.462. The van der Waals surface area contributed by atoms with Crippen molar-refractivity contribution in [2.24, 2.45) is 5.73 Å². The van der Waals surface area contributed by atoms with Crippen molar-refractivity contribution in [2.45, 2.75) is 25.3 Å². The van der Waals surface area contributed by atoms with Crippen LogP contribution >= 0.6 is 15.9 Å². The molecule has 0 spiro atoms. The number of hydrogen-bond donors (Lipinski definition) is 2. The number of carbonyl (C=O) groups is 1. The zero-order valence-electron chi connectivity index (χ0n) is 10.1. The van der Waals surface area contributed by atoms with Gasteiger partial charge in [0.05, 0.1) is 4.47 Å². The van der Waals surface area contributed by atoms with E-state index < -0.39 is 0 Å². The predicted molar refractivity (Wildman–Crippen MR) is 73.6 cm³/mol. The van der Waals surface area contributed by atoms with E-state index in [0.717, 1.165) is 29.3 Å². The van der Waals surface area contributed by atoms with Gasteiger partial charge in [-0.05, 0) is 53.4 Å². The lowest BCUT2D eigenvalue weighted by Crippen LogP contribution is -2.30. The molecule has 2 rings (SSSR count). The Labute approximate surface area is 115 Å². The Morgan fingerprint density at radius 1 is 1.50 bits per heavy atom. The van der Waals surface area contributed by atoms with Gasteiger partial charge < -0.3 is 15.8 Å². The Morgan fingerprint density at radius 3 is 2.94 bits per heavy atom. The Hall–Kier alpha value is -1.07. The van der Waals surface area contributed by atoms with Gasteiger partial charge >= 0.3 is 0 Å².